The van der Waals surface area contributed by atoms with E-state index in [4.69, 9.17) is 22.1 Å². The second-order valence-electron chi connectivity index (χ2n) is 5.83. The van der Waals surface area contributed by atoms with Gasteiger partial charge < -0.3 is 26.4 Å². The SMILES string of the molecule is COC(CN)CC(=O)Nc1cccc(CNC(=O)Nc2ccccc2Cl)c1.Cl. The van der Waals surface area contributed by atoms with E-state index in [9.17, 15) is 9.59 Å². The topological polar surface area (TPSA) is 105 Å². The summed E-state index contributed by atoms with van der Waals surface area (Å²) < 4.78 is 5.10. The highest BCUT2D eigenvalue weighted by molar-refractivity contribution is 6.33. The van der Waals surface area contributed by atoms with E-state index in [0.717, 1.165) is 5.56 Å². The molecule has 0 aliphatic carbocycles. The first-order chi connectivity index (χ1) is 13.0. The number of amides is 3. The molecule has 0 saturated heterocycles. The molecule has 5 N–H and O–H groups in total. The summed E-state index contributed by atoms with van der Waals surface area (Å²) in [7, 11) is 1.52. The van der Waals surface area contributed by atoms with Crippen LogP contribution >= 0.6 is 24.0 Å². The van der Waals surface area contributed by atoms with Crippen molar-refractivity contribution < 1.29 is 14.3 Å². The summed E-state index contributed by atoms with van der Waals surface area (Å²) >= 11 is 6.01. The highest BCUT2D eigenvalue weighted by Gasteiger charge is 2.12. The molecule has 1 unspecified atom stereocenters. The van der Waals surface area contributed by atoms with Gasteiger partial charge in [0.25, 0.3) is 0 Å². The van der Waals surface area contributed by atoms with Gasteiger partial charge in [0.15, 0.2) is 0 Å². The summed E-state index contributed by atoms with van der Waals surface area (Å²) in [6.07, 6.45) is -0.140. The minimum atomic E-state index is -0.372. The number of rotatable bonds is 8. The zero-order valence-electron chi connectivity index (χ0n) is 15.4. The van der Waals surface area contributed by atoms with Crippen molar-refractivity contribution in [2.24, 2.45) is 5.73 Å². The van der Waals surface area contributed by atoms with Crippen LogP contribution in [0.3, 0.4) is 0 Å². The van der Waals surface area contributed by atoms with Crippen LogP contribution in [0.2, 0.25) is 5.02 Å². The molecule has 0 spiro atoms. The third-order valence-corrected chi connectivity index (χ3v) is 4.12. The van der Waals surface area contributed by atoms with Crippen molar-refractivity contribution in [1.82, 2.24) is 5.32 Å². The average molecular weight is 427 g/mol. The first-order valence-electron chi connectivity index (χ1n) is 8.43. The molecule has 152 valence electrons. The van der Waals surface area contributed by atoms with E-state index in [1.807, 2.05) is 6.07 Å². The van der Waals surface area contributed by atoms with E-state index < -0.39 is 0 Å². The standard InChI is InChI=1S/C19H23ClN4O3.ClH/c1-27-15(11-21)10-18(25)23-14-6-4-5-13(9-14)12-22-19(26)24-17-8-3-2-7-16(17)20;/h2-9,15H,10-12,21H2,1H3,(H,23,25)(H2,22,24,26);1H. The van der Waals surface area contributed by atoms with Crippen molar-refractivity contribution in [1.29, 1.82) is 0 Å². The Morgan fingerprint density at radius 3 is 2.57 bits per heavy atom. The molecule has 0 aliphatic heterocycles. The molecule has 0 bridgehead atoms. The largest absolute Gasteiger partial charge is 0.380 e. The lowest BCUT2D eigenvalue weighted by Crippen LogP contribution is -2.28. The van der Waals surface area contributed by atoms with Crippen molar-refractivity contribution in [3.63, 3.8) is 0 Å². The lowest BCUT2D eigenvalue weighted by molar-refractivity contribution is -0.118. The van der Waals surface area contributed by atoms with Crippen molar-refractivity contribution in [2.45, 2.75) is 19.1 Å². The molecule has 2 aromatic carbocycles. The van der Waals surface area contributed by atoms with Crippen molar-refractivity contribution in [3.05, 3.63) is 59.1 Å². The molecule has 0 saturated carbocycles. The Kier molecular flexibility index (Phi) is 10.3. The Hall–Kier alpha value is -2.32. The molecule has 1 atom stereocenters. The van der Waals surface area contributed by atoms with Gasteiger partial charge in [0, 0.05) is 25.9 Å². The summed E-state index contributed by atoms with van der Waals surface area (Å²) in [5.74, 6) is -0.186. The molecule has 2 rings (SSSR count). The fourth-order valence-corrected chi connectivity index (χ4v) is 2.54. The lowest BCUT2D eigenvalue weighted by atomic mass is 10.2. The number of para-hydroxylation sites is 1. The number of benzene rings is 2. The molecule has 0 aromatic heterocycles. The van der Waals surface area contributed by atoms with Crippen molar-refractivity contribution >= 4 is 47.3 Å². The Balaban J connectivity index is 0.00000392. The quantitative estimate of drug-likeness (QED) is 0.518. The van der Waals surface area contributed by atoms with Crippen LogP contribution in [0.15, 0.2) is 48.5 Å². The zero-order valence-corrected chi connectivity index (χ0v) is 17.0. The van der Waals surface area contributed by atoms with Crippen LogP contribution in [0.25, 0.3) is 0 Å². The monoisotopic (exact) mass is 426 g/mol. The molecule has 7 nitrogen and oxygen atoms in total. The molecule has 0 heterocycles. The second kappa shape index (κ2) is 12.2. The summed E-state index contributed by atoms with van der Waals surface area (Å²) in [4.78, 5) is 24.0. The van der Waals surface area contributed by atoms with E-state index in [0.29, 0.717) is 22.9 Å². The van der Waals surface area contributed by atoms with Crippen molar-refractivity contribution in [2.75, 3.05) is 24.3 Å². The van der Waals surface area contributed by atoms with Crippen LogP contribution in [0, 0.1) is 0 Å². The van der Waals surface area contributed by atoms with Gasteiger partial charge in [-0.05, 0) is 29.8 Å². The highest BCUT2D eigenvalue weighted by Crippen LogP contribution is 2.20. The van der Waals surface area contributed by atoms with Gasteiger partial charge in [-0.25, -0.2) is 4.79 Å². The van der Waals surface area contributed by atoms with E-state index in [1.54, 1.807) is 42.5 Å². The number of hydrogen-bond donors (Lipinski definition) is 4. The minimum absolute atomic E-state index is 0. The Morgan fingerprint density at radius 2 is 1.89 bits per heavy atom. The number of methoxy groups -OCH3 is 1. The fourth-order valence-electron chi connectivity index (χ4n) is 2.35. The Labute approximate surface area is 175 Å². The molecule has 3 amide bonds. The van der Waals surface area contributed by atoms with Crippen LogP contribution in [0.1, 0.15) is 12.0 Å². The number of nitrogens with two attached hydrogens (primary N) is 1. The van der Waals surface area contributed by atoms with Crippen molar-refractivity contribution in [3.8, 4) is 0 Å². The van der Waals surface area contributed by atoms with Gasteiger partial charge in [-0.15, -0.1) is 12.4 Å². The van der Waals surface area contributed by atoms with Gasteiger partial charge in [-0.3, -0.25) is 4.79 Å². The first kappa shape index (κ1) is 23.7. The number of carbonyl (C=O) groups is 2. The van der Waals surface area contributed by atoms with E-state index in [-0.39, 0.29) is 43.4 Å². The van der Waals surface area contributed by atoms with Gasteiger partial charge in [0.1, 0.15) is 0 Å². The van der Waals surface area contributed by atoms with Gasteiger partial charge in [0.05, 0.1) is 23.2 Å². The summed E-state index contributed by atoms with van der Waals surface area (Å²) in [5.41, 5.74) is 7.53. The van der Waals surface area contributed by atoms with Gasteiger partial charge in [-0.2, -0.15) is 0 Å². The molecule has 0 radical (unpaired) electrons. The Morgan fingerprint density at radius 1 is 1.14 bits per heavy atom. The maximum Gasteiger partial charge on any atom is 0.319 e. The van der Waals surface area contributed by atoms with E-state index in [2.05, 4.69) is 16.0 Å². The van der Waals surface area contributed by atoms with Crippen LogP contribution in [0.4, 0.5) is 16.2 Å². The molecule has 2 aromatic rings. The summed E-state index contributed by atoms with van der Waals surface area (Å²) in [6, 6.07) is 13.8. The van der Waals surface area contributed by atoms with E-state index >= 15 is 0 Å². The average Bonchev–Trinajstić information content (AvgIpc) is 2.66. The normalized spacial score (nSPS) is 11.1. The zero-order chi connectivity index (χ0) is 19.6. The predicted molar refractivity (Wildman–Crippen MR) is 114 cm³/mol. The molecule has 0 fully saturated rings. The van der Waals surface area contributed by atoms with E-state index in [1.165, 1.54) is 7.11 Å². The first-order valence-corrected chi connectivity index (χ1v) is 8.80. The maximum atomic E-state index is 12.0. The fraction of sp³-hybridized carbons (Fsp3) is 0.263. The van der Waals surface area contributed by atoms with Crippen LogP contribution in [-0.4, -0.2) is 31.7 Å². The highest BCUT2D eigenvalue weighted by atomic mass is 35.5. The van der Waals surface area contributed by atoms with Gasteiger partial charge in [0.2, 0.25) is 5.91 Å². The number of carbonyl (C=O) groups excluding carboxylic acids is 2. The van der Waals surface area contributed by atoms with Gasteiger partial charge >= 0.3 is 6.03 Å². The molecular weight excluding hydrogens is 403 g/mol. The number of hydrogen-bond acceptors (Lipinski definition) is 4. The second-order valence-corrected chi connectivity index (χ2v) is 6.24. The number of urea groups is 1. The van der Waals surface area contributed by atoms with Crippen LogP contribution < -0.4 is 21.7 Å². The molecule has 28 heavy (non-hydrogen) atoms. The minimum Gasteiger partial charge on any atom is -0.380 e. The molecule has 9 heteroatoms. The summed E-state index contributed by atoms with van der Waals surface area (Å²) in [5, 5.41) is 8.69. The Bertz CT molecular complexity index is 785. The van der Waals surface area contributed by atoms with Crippen LogP contribution in [-0.2, 0) is 16.1 Å². The molecule has 0 aliphatic rings. The number of halogens is 2. The third-order valence-electron chi connectivity index (χ3n) is 3.80. The third kappa shape index (κ3) is 7.74. The number of ether oxygens (including phenoxy) is 1. The summed E-state index contributed by atoms with van der Waals surface area (Å²) in [6.45, 7) is 0.567. The van der Waals surface area contributed by atoms with Crippen LogP contribution in [0.5, 0.6) is 0 Å². The maximum absolute atomic E-state index is 12.0. The number of anilines is 2. The lowest BCUT2D eigenvalue weighted by Gasteiger charge is -2.13. The van der Waals surface area contributed by atoms with Gasteiger partial charge in [-0.1, -0.05) is 35.9 Å². The predicted octanol–water partition coefficient (Wildman–Crippen LogP) is 3.39. The molecular formula is C19H24Cl2N4O3. The number of nitrogens with one attached hydrogen (secondary N) is 3. The smallest absolute Gasteiger partial charge is 0.319 e.